The van der Waals surface area contributed by atoms with Crippen LogP contribution in [0.15, 0.2) is 64.0 Å². The summed E-state index contributed by atoms with van der Waals surface area (Å²) in [4.78, 5) is 13.5. The molecule has 0 saturated carbocycles. The van der Waals surface area contributed by atoms with Crippen LogP contribution in [0.5, 0.6) is 0 Å². The average molecular weight is 625 g/mol. The molecule has 2 aromatic carbocycles. The molecule has 232 valence electrons. The van der Waals surface area contributed by atoms with Crippen LogP contribution in [0, 0.1) is 18.6 Å². The Morgan fingerprint density at radius 2 is 1.89 bits per heavy atom. The molecule has 3 atom stereocenters. The van der Waals surface area contributed by atoms with Gasteiger partial charge < -0.3 is 19.5 Å². The molecular weight excluding hydrogens is 590 g/mol. The standard InChI is InChI=1S/C32H34F2N4O5S/c1-19-11-13-23(18-32(3,40)28-17-27(43-36-28)21-8-5-4-6-9-21)38(19)44(41,42)30-20(2)29(37-15-7-10-26(30)37)31(39)35-22-12-14-24(33)25(34)16-22/h4-6,8-9,12,14,16-17,19,23,40H,7,10-11,13,15,18H2,1-3H3,(H,35,39). The number of sulfonamides is 1. The Labute approximate surface area is 254 Å². The number of aliphatic hydroxyl groups is 1. The quantitative estimate of drug-likeness (QED) is 0.257. The Bertz CT molecular complexity index is 1830. The molecule has 0 radical (unpaired) electrons. The maximum Gasteiger partial charge on any atom is 0.272 e. The van der Waals surface area contributed by atoms with E-state index in [0.29, 0.717) is 54.9 Å². The molecule has 4 heterocycles. The maximum atomic E-state index is 14.5. The number of fused-ring (bicyclic) bond motifs is 1. The molecule has 3 unspecified atom stereocenters. The monoisotopic (exact) mass is 624 g/mol. The van der Waals surface area contributed by atoms with E-state index in [1.54, 1.807) is 24.5 Å². The average Bonchev–Trinajstić information content (AvgIpc) is 3.76. The van der Waals surface area contributed by atoms with Crippen LogP contribution in [0.2, 0.25) is 0 Å². The molecule has 4 aromatic rings. The predicted molar refractivity (Wildman–Crippen MR) is 159 cm³/mol. The Balaban J connectivity index is 1.30. The summed E-state index contributed by atoms with van der Waals surface area (Å²) in [6.45, 7) is 5.51. The minimum Gasteiger partial charge on any atom is -0.384 e. The minimum absolute atomic E-state index is 0.0602. The number of aromatic nitrogens is 2. The normalized spacial score (nSPS) is 20.0. The number of carbonyl (C=O) groups excluding carboxylic acids is 1. The number of amides is 1. The van der Waals surface area contributed by atoms with Crippen LogP contribution in [0.1, 0.15) is 67.0 Å². The van der Waals surface area contributed by atoms with E-state index in [9.17, 15) is 27.1 Å². The first kappa shape index (κ1) is 30.2. The summed E-state index contributed by atoms with van der Waals surface area (Å²) in [6, 6.07) is 13.2. The van der Waals surface area contributed by atoms with Crippen LogP contribution in [-0.2, 0) is 28.6 Å². The van der Waals surface area contributed by atoms with Crippen molar-refractivity contribution in [3.8, 4) is 11.3 Å². The Morgan fingerprint density at radius 1 is 1.14 bits per heavy atom. The van der Waals surface area contributed by atoms with E-state index in [4.69, 9.17) is 4.52 Å². The summed E-state index contributed by atoms with van der Waals surface area (Å²) in [6.07, 6.45) is 2.37. The van der Waals surface area contributed by atoms with Gasteiger partial charge in [-0.1, -0.05) is 35.5 Å². The van der Waals surface area contributed by atoms with Crippen molar-refractivity contribution in [1.82, 2.24) is 14.0 Å². The first-order chi connectivity index (χ1) is 20.9. The van der Waals surface area contributed by atoms with Crippen molar-refractivity contribution in [2.75, 3.05) is 5.32 Å². The van der Waals surface area contributed by atoms with Gasteiger partial charge in [-0.3, -0.25) is 4.79 Å². The molecule has 44 heavy (non-hydrogen) atoms. The Morgan fingerprint density at radius 3 is 2.61 bits per heavy atom. The fourth-order valence-corrected chi connectivity index (χ4v) is 9.05. The summed E-state index contributed by atoms with van der Waals surface area (Å²) < 4.78 is 64.9. The van der Waals surface area contributed by atoms with Gasteiger partial charge >= 0.3 is 0 Å². The molecule has 2 aliphatic rings. The number of hydrogen-bond donors (Lipinski definition) is 2. The minimum atomic E-state index is -4.12. The van der Waals surface area contributed by atoms with Gasteiger partial charge in [-0.05, 0) is 65.0 Å². The lowest BCUT2D eigenvalue weighted by atomic mass is 9.92. The van der Waals surface area contributed by atoms with E-state index in [0.717, 1.165) is 17.7 Å². The van der Waals surface area contributed by atoms with Crippen LogP contribution < -0.4 is 5.32 Å². The lowest BCUT2D eigenvalue weighted by molar-refractivity contribution is 0.0229. The highest BCUT2D eigenvalue weighted by atomic mass is 32.2. The van der Waals surface area contributed by atoms with Crippen molar-refractivity contribution in [1.29, 1.82) is 0 Å². The maximum absolute atomic E-state index is 14.5. The van der Waals surface area contributed by atoms with Crippen molar-refractivity contribution in [3.05, 3.63) is 88.9 Å². The fourth-order valence-electron chi connectivity index (χ4n) is 6.69. The van der Waals surface area contributed by atoms with Gasteiger partial charge in [0.05, 0.1) is 0 Å². The molecule has 0 spiro atoms. The van der Waals surface area contributed by atoms with Crippen LogP contribution >= 0.6 is 0 Å². The molecule has 1 fully saturated rings. The lowest BCUT2D eigenvalue weighted by Gasteiger charge is -2.32. The second kappa shape index (κ2) is 11.2. The van der Waals surface area contributed by atoms with Crippen molar-refractivity contribution in [2.24, 2.45) is 0 Å². The fraction of sp³-hybridized carbons (Fsp3) is 0.375. The number of nitrogens with one attached hydrogen (secondary N) is 1. The third-order valence-electron chi connectivity index (χ3n) is 8.74. The van der Waals surface area contributed by atoms with E-state index >= 15 is 0 Å². The van der Waals surface area contributed by atoms with Gasteiger partial charge in [-0.15, -0.1) is 0 Å². The molecule has 0 aliphatic carbocycles. The Hall–Kier alpha value is -3.87. The summed E-state index contributed by atoms with van der Waals surface area (Å²) in [5.74, 6) is -2.24. The first-order valence-corrected chi connectivity index (χ1v) is 16.1. The number of benzene rings is 2. The van der Waals surface area contributed by atoms with Gasteiger partial charge in [0.25, 0.3) is 5.91 Å². The zero-order chi connectivity index (χ0) is 31.4. The van der Waals surface area contributed by atoms with E-state index in [-0.39, 0.29) is 28.7 Å². The third-order valence-corrected chi connectivity index (χ3v) is 11.0. The van der Waals surface area contributed by atoms with Crippen LogP contribution in [0.3, 0.4) is 0 Å². The predicted octanol–water partition coefficient (Wildman–Crippen LogP) is 5.77. The molecule has 2 aliphatic heterocycles. The van der Waals surface area contributed by atoms with Crippen molar-refractivity contribution < 1.29 is 31.6 Å². The zero-order valence-corrected chi connectivity index (χ0v) is 25.5. The van der Waals surface area contributed by atoms with E-state index < -0.39 is 39.2 Å². The molecule has 0 bridgehead atoms. The first-order valence-electron chi connectivity index (χ1n) is 14.7. The molecule has 2 N–H and O–H groups in total. The highest BCUT2D eigenvalue weighted by Gasteiger charge is 2.46. The molecule has 2 aromatic heterocycles. The molecule has 1 amide bonds. The van der Waals surface area contributed by atoms with Crippen LogP contribution in [-0.4, -0.2) is 45.5 Å². The number of nitrogens with zero attached hydrogens (tertiary/aromatic N) is 3. The number of carbonyl (C=O) groups is 1. The highest BCUT2D eigenvalue weighted by Crippen LogP contribution is 2.42. The van der Waals surface area contributed by atoms with Gasteiger partial charge in [0.2, 0.25) is 10.0 Å². The summed E-state index contributed by atoms with van der Waals surface area (Å²) in [5, 5.41) is 18.3. The number of halogens is 2. The van der Waals surface area contributed by atoms with Crippen LogP contribution in [0.4, 0.5) is 14.5 Å². The summed E-state index contributed by atoms with van der Waals surface area (Å²) in [5.41, 5.74) is 0.720. The molecule has 12 heteroatoms. The van der Waals surface area contributed by atoms with Gasteiger partial charge in [0.1, 0.15) is 21.9 Å². The SMILES string of the molecule is Cc1c(S(=O)(=O)N2C(C)CCC2CC(C)(O)c2cc(-c3ccccc3)on2)c2n(c1C(=O)Nc1ccc(F)c(F)c1)CCC2. The van der Waals surface area contributed by atoms with Gasteiger partial charge in [0, 0.05) is 53.3 Å². The number of hydrogen-bond acceptors (Lipinski definition) is 6. The zero-order valence-electron chi connectivity index (χ0n) is 24.7. The van der Waals surface area contributed by atoms with Crippen LogP contribution in [0.25, 0.3) is 11.3 Å². The number of rotatable bonds is 8. The third kappa shape index (κ3) is 5.24. The van der Waals surface area contributed by atoms with Gasteiger partial charge in [-0.2, -0.15) is 4.31 Å². The molecule has 6 rings (SSSR count). The topological polar surface area (TPSA) is 118 Å². The van der Waals surface area contributed by atoms with Gasteiger partial charge in [0.15, 0.2) is 17.4 Å². The van der Waals surface area contributed by atoms with Crippen molar-refractivity contribution in [3.63, 3.8) is 0 Å². The van der Waals surface area contributed by atoms with Crippen molar-refractivity contribution in [2.45, 2.75) is 82.0 Å². The van der Waals surface area contributed by atoms with Gasteiger partial charge in [-0.25, -0.2) is 17.2 Å². The Kier molecular flexibility index (Phi) is 7.71. The second-order valence-electron chi connectivity index (χ2n) is 11.9. The lowest BCUT2D eigenvalue weighted by Crippen LogP contribution is -2.43. The summed E-state index contributed by atoms with van der Waals surface area (Å²) in [7, 11) is -4.12. The molecule has 1 saturated heterocycles. The molecular formula is C32H34F2N4O5S. The second-order valence-corrected chi connectivity index (χ2v) is 13.7. The van der Waals surface area contributed by atoms with E-state index in [1.165, 1.54) is 10.4 Å². The smallest absolute Gasteiger partial charge is 0.272 e. The van der Waals surface area contributed by atoms with E-state index in [1.807, 2.05) is 37.3 Å². The summed E-state index contributed by atoms with van der Waals surface area (Å²) >= 11 is 0. The largest absolute Gasteiger partial charge is 0.384 e. The molecule has 9 nitrogen and oxygen atoms in total. The van der Waals surface area contributed by atoms with Crippen molar-refractivity contribution >= 4 is 21.6 Å². The van der Waals surface area contributed by atoms with E-state index in [2.05, 4.69) is 10.5 Å². The highest BCUT2D eigenvalue weighted by molar-refractivity contribution is 7.89. The number of anilines is 1.